The fraction of sp³-hybridized carbons (Fsp3) is 0.667. The first kappa shape index (κ1) is 19.4. The molecule has 4 aliphatic rings. The lowest BCUT2D eigenvalue weighted by atomic mass is 10.1. The van der Waals surface area contributed by atoms with E-state index in [1.807, 2.05) is 30.3 Å². The number of carbonyl (C=O) groups excluding carboxylic acids is 1. The molecular weight excluding hydrogens is 380 g/mol. The maximum absolute atomic E-state index is 11.2. The molecule has 29 heavy (non-hydrogen) atoms. The molecule has 0 saturated carbocycles. The Kier molecular flexibility index (Phi) is 5.55. The second-order valence-corrected chi connectivity index (χ2v) is 7.89. The molecule has 4 fully saturated rings. The molecule has 1 aromatic carbocycles. The van der Waals surface area contributed by atoms with Gasteiger partial charge in [-0.2, -0.15) is 0 Å². The molecule has 0 spiro atoms. The molecule has 0 aliphatic carbocycles. The third-order valence-electron chi connectivity index (χ3n) is 5.85. The van der Waals surface area contributed by atoms with Gasteiger partial charge in [-0.25, -0.2) is 0 Å². The van der Waals surface area contributed by atoms with Crippen LogP contribution in [-0.2, 0) is 44.6 Å². The predicted octanol–water partition coefficient (Wildman–Crippen LogP) is 1.20. The smallest absolute Gasteiger partial charge is 0.303 e. The number of hydrogen-bond donors (Lipinski definition) is 0. The Morgan fingerprint density at radius 3 is 2.48 bits per heavy atom. The Labute approximate surface area is 169 Å². The fourth-order valence-corrected chi connectivity index (χ4v) is 4.51. The van der Waals surface area contributed by atoms with Crippen LogP contribution in [0.25, 0.3) is 0 Å². The standard InChI is InChI=1S/C21H26O8/c1-12(22)27-16-10-24-14-7-18(29-19(14)16)28-17-11-26-20-15(9-25-21(17)20)23-8-13-5-3-2-4-6-13/h2-6,14-21H,7-11H2,1H3/t14-,15-,16-,17+,18-,19+,20-,21-/m1/s1. The summed E-state index contributed by atoms with van der Waals surface area (Å²) < 4.78 is 41.0. The van der Waals surface area contributed by atoms with E-state index in [0.29, 0.717) is 32.8 Å². The minimum atomic E-state index is -0.427. The van der Waals surface area contributed by atoms with Crippen molar-refractivity contribution < 1.29 is 38.0 Å². The van der Waals surface area contributed by atoms with Crippen LogP contribution < -0.4 is 0 Å². The molecule has 0 N–H and O–H groups in total. The van der Waals surface area contributed by atoms with Gasteiger partial charge < -0.3 is 33.2 Å². The number of hydrogen-bond acceptors (Lipinski definition) is 8. The summed E-state index contributed by atoms with van der Waals surface area (Å²) in [6.07, 6.45) is -1.26. The average Bonchev–Trinajstić information content (AvgIpc) is 3.45. The summed E-state index contributed by atoms with van der Waals surface area (Å²) in [6.45, 7) is 3.19. The van der Waals surface area contributed by atoms with E-state index >= 15 is 0 Å². The van der Waals surface area contributed by atoms with Crippen LogP contribution in [0, 0.1) is 0 Å². The van der Waals surface area contributed by atoms with Gasteiger partial charge in [-0.3, -0.25) is 4.79 Å². The van der Waals surface area contributed by atoms with Gasteiger partial charge in [0.1, 0.15) is 30.5 Å². The molecule has 0 unspecified atom stereocenters. The van der Waals surface area contributed by atoms with Crippen LogP contribution in [0.4, 0.5) is 0 Å². The van der Waals surface area contributed by atoms with Gasteiger partial charge in [-0.05, 0) is 5.56 Å². The largest absolute Gasteiger partial charge is 0.457 e. The van der Waals surface area contributed by atoms with Crippen molar-refractivity contribution in [3.05, 3.63) is 35.9 Å². The number of rotatable bonds is 6. The summed E-state index contributed by atoms with van der Waals surface area (Å²) in [4.78, 5) is 11.2. The normalized spacial score (nSPS) is 40.7. The summed E-state index contributed by atoms with van der Waals surface area (Å²) in [5.74, 6) is -0.333. The second-order valence-electron chi connectivity index (χ2n) is 7.89. The number of esters is 1. The van der Waals surface area contributed by atoms with Crippen molar-refractivity contribution in [1.82, 2.24) is 0 Å². The molecule has 4 aliphatic heterocycles. The minimum absolute atomic E-state index is 0.116. The van der Waals surface area contributed by atoms with Crippen LogP contribution in [0.15, 0.2) is 30.3 Å². The third-order valence-corrected chi connectivity index (χ3v) is 5.85. The third kappa shape index (κ3) is 4.05. The lowest BCUT2D eigenvalue weighted by molar-refractivity contribution is -0.195. The molecule has 8 nitrogen and oxygen atoms in total. The van der Waals surface area contributed by atoms with E-state index in [4.69, 9.17) is 33.2 Å². The van der Waals surface area contributed by atoms with Gasteiger partial charge >= 0.3 is 5.97 Å². The molecular formula is C21H26O8. The lowest BCUT2D eigenvalue weighted by Gasteiger charge is -2.22. The zero-order chi connectivity index (χ0) is 19.8. The van der Waals surface area contributed by atoms with Gasteiger partial charge in [0.05, 0.1) is 32.5 Å². The lowest BCUT2D eigenvalue weighted by Crippen LogP contribution is -2.37. The average molecular weight is 406 g/mol. The molecule has 0 amide bonds. The minimum Gasteiger partial charge on any atom is -0.457 e. The SMILES string of the molecule is CC(=O)O[C@@H]1CO[C@@H]2C[C@H](O[C@H]3CO[C@H]4[C@@H]3OC[C@H]4OCc3ccccc3)O[C@@H]21. The van der Waals surface area contributed by atoms with Gasteiger partial charge in [-0.1, -0.05) is 30.3 Å². The molecule has 1 aromatic rings. The van der Waals surface area contributed by atoms with Crippen LogP contribution in [0.1, 0.15) is 18.9 Å². The maximum atomic E-state index is 11.2. The van der Waals surface area contributed by atoms with E-state index < -0.39 is 6.29 Å². The Morgan fingerprint density at radius 2 is 1.69 bits per heavy atom. The summed E-state index contributed by atoms with van der Waals surface area (Å²) in [5.41, 5.74) is 1.12. The quantitative estimate of drug-likeness (QED) is 0.652. The zero-order valence-electron chi connectivity index (χ0n) is 16.3. The van der Waals surface area contributed by atoms with Gasteiger partial charge in [0.15, 0.2) is 12.4 Å². The van der Waals surface area contributed by atoms with E-state index in [-0.39, 0.29) is 48.7 Å². The maximum Gasteiger partial charge on any atom is 0.303 e. The van der Waals surface area contributed by atoms with Gasteiger partial charge in [0.25, 0.3) is 0 Å². The first-order valence-electron chi connectivity index (χ1n) is 10.2. The van der Waals surface area contributed by atoms with Crippen molar-refractivity contribution >= 4 is 5.97 Å². The molecule has 5 rings (SSSR count). The van der Waals surface area contributed by atoms with E-state index in [2.05, 4.69) is 0 Å². The van der Waals surface area contributed by atoms with Crippen LogP contribution >= 0.6 is 0 Å². The summed E-state index contributed by atoms with van der Waals surface area (Å²) in [7, 11) is 0. The molecule has 4 saturated heterocycles. The highest BCUT2D eigenvalue weighted by atomic mass is 16.7. The van der Waals surface area contributed by atoms with Crippen LogP contribution in [0.3, 0.4) is 0 Å². The van der Waals surface area contributed by atoms with Crippen molar-refractivity contribution in [1.29, 1.82) is 0 Å². The van der Waals surface area contributed by atoms with Crippen LogP contribution in [-0.4, -0.2) is 74.8 Å². The Balaban J connectivity index is 1.12. The highest BCUT2D eigenvalue weighted by Gasteiger charge is 2.53. The van der Waals surface area contributed by atoms with E-state index in [0.717, 1.165) is 5.56 Å². The topological polar surface area (TPSA) is 81.7 Å². The van der Waals surface area contributed by atoms with Gasteiger partial charge in [-0.15, -0.1) is 0 Å². The van der Waals surface area contributed by atoms with Gasteiger partial charge in [0.2, 0.25) is 0 Å². The zero-order valence-corrected chi connectivity index (χ0v) is 16.3. The number of ether oxygens (including phenoxy) is 7. The molecule has 158 valence electrons. The molecule has 4 heterocycles. The fourth-order valence-electron chi connectivity index (χ4n) is 4.51. The van der Waals surface area contributed by atoms with Crippen LogP contribution in [0.5, 0.6) is 0 Å². The highest BCUT2D eigenvalue weighted by molar-refractivity contribution is 5.66. The Hall–Kier alpha value is -1.55. The van der Waals surface area contributed by atoms with Crippen molar-refractivity contribution in [2.75, 3.05) is 19.8 Å². The van der Waals surface area contributed by atoms with Gasteiger partial charge in [0, 0.05) is 13.3 Å². The van der Waals surface area contributed by atoms with Crippen molar-refractivity contribution in [3.63, 3.8) is 0 Å². The Bertz CT molecular complexity index is 712. The number of carbonyl (C=O) groups is 1. The van der Waals surface area contributed by atoms with E-state index in [1.54, 1.807) is 0 Å². The summed E-state index contributed by atoms with van der Waals surface area (Å²) in [5, 5.41) is 0. The molecule has 8 heteroatoms. The van der Waals surface area contributed by atoms with Crippen molar-refractivity contribution in [3.8, 4) is 0 Å². The molecule has 0 bridgehead atoms. The predicted molar refractivity (Wildman–Crippen MR) is 97.9 cm³/mol. The number of benzene rings is 1. The first-order chi connectivity index (χ1) is 14.2. The highest BCUT2D eigenvalue weighted by Crippen LogP contribution is 2.36. The first-order valence-corrected chi connectivity index (χ1v) is 10.2. The van der Waals surface area contributed by atoms with Crippen molar-refractivity contribution in [2.24, 2.45) is 0 Å². The summed E-state index contributed by atoms with van der Waals surface area (Å²) >= 11 is 0. The monoisotopic (exact) mass is 406 g/mol. The number of fused-ring (bicyclic) bond motifs is 2. The van der Waals surface area contributed by atoms with Crippen molar-refractivity contribution in [2.45, 2.75) is 69.0 Å². The molecule has 0 aromatic heterocycles. The molecule has 0 radical (unpaired) electrons. The van der Waals surface area contributed by atoms with E-state index in [1.165, 1.54) is 6.92 Å². The van der Waals surface area contributed by atoms with Crippen LogP contribution in [0.2, 0.25) is 0 Å². The molecule has 8 atom stereocenters. The van der Waals surface area contributed by atoms with E-state index in [9.17, 15) is 4.79 Å². The second kappa shape index (κ2) is 8.29. The summed E-state index contributed by atoms with van der Waals surface area (Å²) in [6, 6.07) is 10.0. The Morgan fingerprint density at radius 1 is 0.966 bits per heavy atom.